The molecule has 0 aliphatic rings. The number of benzene rings is 3. The van der Waals surface area contributed by atoms with Gasteiger partial charge in [0.2, 0.25) is 0 Å². The molecule has 0 saturated carbocycles. The molecule has 0 radical (unpaired) electrons. The summed E-state index contributed by atoms with van der Waals surface area (Å²) in [5, 5.41) is 29.0. The lowest BCUT2D eigenvalue weighted by atomic mass is 10.2. The first-order valence-corrected chi connectivity index (χ1v) is 8.42. The summed E-state index contributed by atoms with van der Waals surface area (Å²) in [6.07, 6.45) is 0. The van der Waals surface area contributed by atoms with Gasteiger partial charge in [-0.05, 0) is 36.4 Å². The number of thiazole rings is 1. The van der Waals surface area contributed by atoms with E-state index in [4.69, 9.17) is 0 Å². The van der Waals surface area contributed by atoms with Crippen LogP contribution in [-0.4, -0.2) is 15.2 Å². The third-order valence-electron chi connectivity index (χ3n) is 3.68. The van der Waals surface area contributed by atoms with Gasteiger partial charge >= 0.3 is 0 Å². The summed E-state index contributed by atoms with van der Waals surface area (Å²) in [4.78, 5) is 4.61. The minimum atomic E-state index is 0.0101. The van der Waals surface area contributed by atoms with Gasteiger partial charge in [0.25, 0.3) is 0 Å². The molecule has 122 valence electrons. The molecular formula is C19H13N3O2S. The molecule has 4 rings (SSSR count). The van der Waals surface area contributed by atoms with Gasteiger partial charge in [0, 0.05) is 5.56 Å². The van der Waals surface area contributed by atoms with Crippen molar-refractivity contribution in [1.29, 1.82) is 0 Å². The predicted octanol–water partition coefficient (Wildman–Crippen LogP) is 5.79. The molecule has 25 heavy (non-hydrogen) atoms. The molecule has 1 heterocycles. The Kier molecular flexibility index (Phi) is 3.87. The summed E-state index contributed by atoms with van der Waals surface area (Å²) in [6, 6.07) is 19.6. The number of aromatic nitrogens is 1. The molecule has 5 nitrogen and oxygen atoms in total. The first-order chi connectivity index (χ1) is 12.2. The summed E-state index contributed by atoms with van der Waals surface area (Å²) in [5.74, 6) is 0.0409. The maximum Gasteiger partial charge on any atom is 0.143 e. The smallest absolute Gasteiger partial charge is 0.143 e. The van der Waals surface area contributed by atoms with Crippen molar-refractivity contribution in [3.63, 3.8) is 0 Å². The van der Waals surface area contributed by atoms with Crippen LogP contribution in [0.25, 0.3) is 20.8 Å². The Hall–Kier alpha value is -3.25. The second kappa shape index (κ2) is 6.33. The zero-order chi connectivity index (χ0) is 17.2. The van der Waals surface area contributed by atoms with Gasteiger partial charge in [0.15, 0.2) is 0 Å². The second-order valence-electron chi connectivity index (χ2n) is 5.35. The van der Waals surface area contributed by atoms with Crippen LogP contribution in [0.4, 0.5) is 11.4 Å². The van der Waals surface area contributed by atoms with Crippen molar-refractivity contribution in [3.8, 4) is 22.1 Å². The van der Waals surface area contributed by atoms with Crippen LogP contribution in [-0.2, 0) is 0 Å². The third-order valence-corrected chi connectivity index (χ3v) is 4.75. The van der Waals surface area contributed by atoms with Crippen LogP contribution in [0.2, 0.25) is 0 Å². The van der Waals surface area contributed by atoms with Gasteiger partial charge in [-0.1, -0.05) is 30.3 Å². The molecule has 0 fully saturated rings. The van der Waals surface area contributed by atoms with Crippen molar-refractivity contribution < 1.29 is 10.2 Å². The summed E-state index contributed by atoms with van der Waals surface area (Å²) < 4.78 is 1.06. The van der Waals surface area contributed by atoms with E-state index in [1.807, 2.05) is 30.3 Å². The van der Waals surface area contributed by atoms with E-state index >= 15 is 0 Å². The van der Waals surface area contributed by atoms with E-state index in [1.165, 1.54) is 17.4 Å². The number of azo groups is 1. The number of aromatic hydroxyl groups is 2. The van der Waals surface area contributed by atoms with Crippen molar-refractivity contribution in [3.05, 3.63) is 66.7 Å². The summed E-state index contributed by atoms with van der Waals surface area (Å²) >= 11 is 1.52. The first kappa shape index (κ1) is 15.3. The SMILES string of the molecule is Oc1ccccc1N=Nc1c(O)cccc1-c1nc2ccccc2s1. The standard InChI is InChI=1S/C19H13N3O2S/c23-15-9-3-1-7-13(15)21-22-18-12(6-5-10-16(18)24)19-20-14-8-2-4-11-17(14)25-19/h1-11,23-24H. The Balaban J connectivity index is 1.82. The highest BCUT2D eigenvalue weighted by Gasteiger charge is 2.14. The number of rotatable bonds is 3. The molecule has 6 heteroatoms. The van der Waals surface area contributed by atoms with Crippen LogP contribution in [0.3, 0.4) is 0 Å². The van der Waals surface area contributed by atoms with E-state index in [-0.39, 0.29) is 11.5 Å². The lowest BCUT2D eigenvalue weighted by Crippen LogP contribution is -1.78. The van der Waals surface area contributed by atoms with Gasteiger partial charge < -0.3 is 10.2 Å². The Morgan fingerprint density at radius 3 is 2.36 bits per heavy atom. The molecule has 3 aromatic carbocycles. The average Bonchev–Trinajstić information content (AvgIpc) is 3.06. The number of hydrogen-bond donors (Lipinski definition) is 2. The van der Waals surface area contributed by atoms with Gasteiger partial charge in [-0.3, -0.25) is 0 Å². The topological polar surface area (TPSA) is 78.1 Å². The minimum absolute atomic E-state index is 0.0101. The maximum absolute atomic E-state index is 10.2. The van der Waals surface area contributed by atoms with Crippen LogP contribution >= 0.6 is 11.3 Å². The molecule has 0 unspecified atom stereocenters. The van der Waals surface area contributed by atoms with E-state index < -0.39 is 0 Å². The summed E-state index contributed by atoms with van der Waals surface area (Å²) in [7, 11) is 0. The van der Waals surface area contributed by atoms with Gasteiger partial charge in [0.1, 0.15) is 27.9 Å². The predicted molar refractivity (Wildman–Crippen MR) is 99.0 cm³/mol. The normalized spacial score (nSPS) is 11.4. The Labute approximate surface area is 147 Å². The van der Waals surface area contributed by atoms with Crippen LogP contribution in [0.15, 0.2) is 77.0 Å². The van der Waals surface area contributed by atoms with Gasteiger partial charge in [-0.25, -0.2) is 4.98 Å². The Morgan fingerprint density at radius 1 is 0.760 bits per heavy atom. The lowest BCUT2D eigenvalue weighted by molar-refractivity contribution is 0.474. The summed E-state index contributed by atoms with van der Waals surface area (Å²) in [5.41, 5.74) is 2.25. The van der Waals surface area contributed by atoms with Crippen molar-refractivity contribution in [2.45, 2.75) is 0 Å². The highest BCUT2D eigenvalue weighted by atomic mass is 32.1. The van der Waals surface area contributed by atoms with Crippen molar-refractivity contribution in [1.82, 2.24) is 4.98 Å². The number of para-hydroxylation sites is 2. The molecule has 0 bridgehead atoms. The minimum Gasteiger partial charge on any atom is -0.506 e. The third kappa shape index (κ3) is 2.95. The number of phenolic OH excluding ortho intramolecular Hbond substituents is 2. The van der Waals surface area contributed by atoms with Crippen LogP contribution in [0.5, 0.6) is 11.5 Å². The molecule has 0 aliphatic carbocycles. The monoisotopic (exact) mass is 347 g/mol. The van der Waals surface area contributed by atoms with E-state index in [1.54, 1.807) is 30.3 Å². The summed E-state index contributed by atoms with van der Waals surface area (Å²) in [6.45, 7) is 0. The second-order valence-corrected chi connectivity index (χ2v) is 6.38. The largest absolute Gasteiger partial charge is 0.506 e. The lowest BCUT2D eigenvalue weighted by Gasteiger charge is -2.04. The number of phenols is 2. The van der Waals surface area contributed by atoms with Crippen LogP contribution < -0.4 is 0 Å². The molecule has 0 aliphatic heterocycles. The van der Waals surface area contributed by atoms with Crippen LogP contribution in [0, 0.1) is 0 Å². The molecule has 0 atom stereocenters. The zero-order valence-corrected chi connectivity index (χ0v) is 13.8. The molecule has 0 spiro atoms. The Bertz CT molecular complexity index is 1060. The zero-order valence-electron chi connectivity index (χ0n) is 13.0. The maximum atomic E-state index is 10.2. The van der Waals surface area contributed by atoms with Crippen molar-refractivity contribution in [2.75, 3.05) is 0 Å². The van der Waals surface area contributed by atoms with Crippen LogP contribution in [0.1, 0.15) is 0 Å². The van der Waals surface area contributed by atoms with Crippen molar-refractivity contribution in [2.24, 2.45) is 10.2 Å². The van der Waals surface area contributed by atoms with E-state index in [0.29, 0.717) is 16.9 Å². The molecule has 4 aromatic rings. The van der Waals surface area contributed by atoms with E-state index in [9.17, 15) is 10.2 Å². The number of fused-ring (bicyclic) bond motifs is 1. The fourth-order valence-corrected chi connectivity index (χ4v) is 3.44. The molecule has 0 saturated heterocycles. The van der Waals surface area contributed by atoms with Crippen molar-refractivity contribution >= 4 is 32.9 Å². The van der Waals surface area contributed by atoms with E-state index in [2.05, 4.69) is 15.2 Å². The van der Waals surface area contributed by atoms with Gasteiger partial charge in [-0.15, -0.1) is 21.6 Å². The molecule has 2 N–H and O–H groups in total. The average molecular weight is 347 g/mol. The highest BCUT2D eigenvalue weighted by Crippen LogP contribution is 2.41. The number of nitrogens with zero attached hydrogens (tertiary/aromatic N) is 3. The van der Waals surface area contributed by atoms with Gasteiger partial charge in [-0.2, -0.15) is 0 Å². The van der Waals surface area contributed by atoms with E-state index in [0.717, 1.165) is 15.2 Å². The van der Waals surface area contributed by atoms with Gasteiger partial charge in [0.05, 0.1) is 10.2 Å². The molecule has 0 amide bonds. The quantitative estimate of drug-likeness (QED) is 0.460. The Morgan fingerprint density at radius 2 is 1.52 bits per heavy atom. The first-order valence-electron chi connectivity index (χ1n) is 7.60. The molecular weight excluding hydrogens is 334 g/mol. The highest BCUT2D eigenvalue weighted by molar-refractivity contribution is 7.21. The fraction of sp³-hybridized carbons (Fsp3) is 0. The number of hydrogen-bond acceptors (Lipinski definition) is 6. The molecule has 1 aromatic heterocycles. The fourth-order valence-electron chi connectivity index (χ4n) is 2.45.